The fourth-order valence-corrected chi connectivity index (χ4v) is 4.38. The lowest BCUT2D eigenvalue weighted by Crippen LogP contribution is -2.16. The van der Waals surface area contributed by atoms with Gasteiger partial charge < -0.3 is 14.2 Å². The molecular weight excluding hydrogens is 420 g/mol. The number of hydrogen-bond acceptors (Lipinski definition) is 3. The molecule has 0 spiro atoms. The number of unbranched alkanes of at least 4 members (excludes halogenated alkanes) is 3. The van der Waals surface area contributed by atoms with Crippen molar-refractivity contribution < 1.29 is 14.2 Å². The lowest BCUT2D eigenvalue weighted by molar-refractivity contribution is 0.180. The first kappa shape index (κ1) is 30.7. The van der Waals surface area contributed by atoms with Crippen molar-refractivity contribution in [2.24, 2.45) is 17.8 Å². The first-order chi connectivity index (χ1) is 16.5. The largest absolute Gasteiger partial charge is 0.489 e. The highest BCUT2D eigenvalue weighted by Gasteiger charge is 2.19. The third-order valence-corrected chi connectivity index (χ3v) is 7.21. The van der Waals surface area contributed by atoms with E-state index in [2.05, 4.69) is 60.6 Å². The molecule has 0 saturated carbocycles. The Morgan fingerprint density at radius 3 is 1.24 bits per heavy atom. The summed E-state index contributed by atoms with van der Waals surface area (Å²) < 4.78 is 19.4. The Bertz CT molecular complexity index is 586. The summed E-state index contributed by atoms with van der Waals surface area (Å²) in [4.78, 5) is 0. The molecule has 0 aliphatic rings. The fourth-order valence-electron chi connectivity index (χ4n) is 4.38. The van der Waals surface area contributed by atoms with Crippen LogP contribution in [0.3, 0.4) is 0 Å². The normalized spacial score (nSPS) is 14.0. The second-order valence-corrected chi connectivity index (χ2v) is 10.3. The summed E-state index contributed by atoms with van der Waals surface area (Å²) in [6, 6.07) is 4.27. The molecule has 0 aliphatic carbocycles. The molecule has 198 valence electrons. The van der Waals surface area contributed by atoms with Crippen LogP contribution in [0, 0.1) is 24.7 Å². The van der Waals surface area contributed by atoms with Crippen LogP contribution in [-0.4, -0.2) is 19.8 Å². The summed E-state index contributed by atoms with van der Waals surface area (Å²) in [7, 11) is 0. The van der Waals surface area contributed by atoms with Gasteiger partial charge in [-0.15, -0.1) is 0 Å². The van der Waals surface area contributed by atoms with E-state index in [1.54, 1.807) is 0 Å². The third kappa shape index (κ3) is 11.8. The predicted molar refractivity (Wildman–Crippen MR) is 148 cm³/mol. The van der Waals surface area contributed by atoms with Gasteiger partial charge in [0.15, 0.2) is 11.5 Å². The maximum absolute atomic E-state index is 6.52. The van der Waals surface area contributed by atoms with Gasteiger partial charge in [0.2, 0.25) is 5.75 Å². The van der Waals surface area contributed by atoms with Crippen LogP contribution in [0.25, 0.3) is 0 Å². The summed E-state index contributed by atoms with van der Waals surface area (Å²) >= 11 is 0. The van der Waals surface area contributed by atoms with Gasteiger partial charge in [-0.1, -0.05) is 99.3 Å². The average Bonchev–Trinajstić information content (AvgIpc) is 2.85. The molecule has 0 aromatic heterocycles. The lowest BCUT2D eigenvalue weighted by Gasteiger charge is -2.23. The quantitative estimate of drug-likeness (QED) is 0.177. The van der Waals surface area contributed by atoms with E-state index in [1.165, 1.54) is 63.4 Å². The summed E-state index contributed by atoms with van der Waals surface area (Å²) in [5, 5.41) is 0. The number of rotatable bonds is 21. The predicted octanol–water partition coefficient (Wildman–Crippen LogP) is 9.78. The molecule has 0 N–H and O–H groups in total. The smallest absolute Gasteiger partial charge is 0.203 e. The molecule has 3 nitrogen and oxygen atoms in total. The van der Waals surface area contributed by atoms with Crippen LogP contribution in [0.2, 0.25) is 0 Å². The molecular formula is C31H56O3. The molecule has 3 heteroatoms. The van der Waals surface area contributed by atoms with Crippen LogP contribution in [0.5, 0.6) is 17.2 Å². The van der Waals surface area contributed by atoms with Gasteiger partial charge in [0, 0.05) is 0 Å². The van der Waals surface area contributed by atoms with Crippen LogP contribution in [0.1, 0.15) is 124 Å². The molecule has 0 fully saturated rings. The van der Waals surface area contributed by atoms with E-state index in [9.17, 15) is 0 Å². The maximum atomic E-state index is 6.52. The van der Waals surface area contributed by atoms with E-state index < -0.39 is 0 Å². The maximum Gasteiger partial charge on any atom is 0.203 e. The molecule has 1 aromatic rings. The van der Waals surface area contributed by atoms with Crippen molar-refractivity contribution in [2.75, 3.05) is 19.8 Å². The molecule has 1 aromatic carbocycles. The molecule has 3 atom stereocenters. The highest BCUT2D eigenvalue weighted by molar-refractivity contribution is 5.53. The molecule has 0 aliphatic heterocycles. The van der Waals surface area contributed by atoms with Crippen molar-refractivity contribution in [2.45, 2.75) is 126 Å². The topological polar surface area (TPSA) is 27.7 Å². The number of hydrogen-bond donors (Lipinski definition) is 0. The molecule has 0 radical (unpaired) electrons. The van der Waals surface area contributed by atoms with Crippen molar-refractivity contribution in [3.8, 4) is 17.2 Å². The van der Waals surface area contributed by atoms with E-state index in [0.717, 1.165) is 56.3 Å². The van der Waals surface area contributed by atoms with E-state index in [0.29, 0.717) is 17.8 Å². The minimum absolute atomic E-state index is 0.572. The third-order valence-electron chi connectivity index (χ3n) is 7.21. The van der Waals surface area contributed by atoms with Gasteiger partial charge in [0.1, 0.15) is 0 Å². The summed E-state index contributed by atoms with van der Waals surface area (Å²) in [5.74, 6) is 4.28. The molecule has 0 heterocycles. The SMILES string of the molecule is CCCCC(CC)COc1cc(C)cc(OCC(CC)CCCC)c1OCC(CC)CCCC. The first-order valence-electron chi connectivity index (χ1n) is 14.5. The van der Waals surface area contributed by atoms with Gasteiger partial charge in [-0.2, -0.15) is 0 Å². The average molecular weight is 477 g/mol. The Labute approximate surface area is 212 Å². The van der Waals surface area contributed by atoms with Crippen molar-refractivity contribution in [1.82, 2.24) is 0 Å². The lowest BCUT2D eigenvalue weighted by atomic mass is 10.0. The molecule has 34 heavy (non-hydrogen) atoms. The van der Waals surface area contributed by atoms with Crippen molar-refractivity contribution >= 4 is 0 Å². The van der Waals surface area contributed by atoms with Crippen molar-refractivity contribution in [3.63, 3.8) is 0 Å². The highest BCUT2D eigenvalue weighted by atomic mass is 16.5. The summed E-state index contributed by atoms with van der Waals surface area (Å²) in [6.07, 6.45) is 14.6. The minimum Gasteiger partial charge on any atom is -0.489 e. The zero-order chi connectivity index (χ0) is 25.2. The van der Waals surface area contributed by atoms with E-state index in [4.69, 9.17) is 14.2 Å². The molecule has 3 unspecified atom stereocenters. The molecule has 0 saturated heterocycles. The van der Waals surface area contributed by atoms with Crippen LogP contribution in [-0.2, 0) is 0 Å². The van der Waals surface area contributed by atoms with Gasteiger partial charge in [0.25, 0.3) is 0 Å². The Hall–Kier alpha value is -1.38. The van der Waals surface area contributed by atoms with Gasteiger partial charge in [-0.25, -0.2) is 0 Å². The Balaban J connectivity index is 3.07. The van der Waals surface area contributed by atoms with Crippen molar-refractivity contribution in [1.29, 1.82) is 0 Å². The second-order valence-electron chi connectivity index (χ2n) is 10.3. The van der Waals surface area contributed by atoms with Gasteiger partial charge in [-0.05, 0) is 61.6 Å². The number of ether oxygens (including phenoxy) is 3. The molecule has 1 rings (SSSR count). The fraction of sp³-hybridized carbons (Fsp3) is 0.806. The van der Waals surface area contributed by atoms with E-state index in [1.807, 2.05) is 0 Å². The standard InChI is InChI=1S/C31H56O3/c1-8-14-17-26(11-4)22-32-29-20-25(7)21-30(33-23-27(12-5)18-15-9-2)31(29)34-24-28(13-6)19-16-10-3/h20-21,26-28H,8-19,22-24H2,1-7H3. The van der Waals surface area contributed by atoms with Gasteiger partial charge in [0.05, 0.1) is 19.8 Å². The second kappa shape index (κ2) is 18.9. The Morgan fingerprint density at radius 2 is 0.912 bits per heavy atom. The minimum atomic E-state index is 0.572. The van der Waals surface area contributed by atoms with Gasteiger partial charge in [-0.3, -0.25) is 0 Å². The Morgan fingerprint density at radius 1 is 0.559 bits per heavy atom. The monoisotopic (exact) mass is 476 g/mol. The molecule has 0 amide bonds. The van der Waals surface area contributed by atoms with Crippen molar-refractivity contribution in [3.05, 3.63) is 17.7 Å². The van der Waals surface area contributed by atoms with Crippen LogP contribution < -0.4 is 14.2 Å². The van der Waals surface area contributed by atoms with Crippen LogP contribution >= 0.6 is 0 Å². The zero-order valence-electron chi connectivity index (χ0n) is 23.7. The Kier molecular flexibility index (Phi) is 17.0. The summed E-state index contributed by atoms with van der Waals surface area (Å²) in [6.45, 7) is 17.9. The highest BCUT2D eigenvalue weighted by Crippen LogP contribution is 2.40. The van der Waals surface area contributed by atoms with E-state index in [-0.39, 0.29) is 0 Å². The zero-order valence-corrected chi connectivity index (χ0v) is 23.7. The first-order valence-corrected chi connectivity index (χ1v) is 14.5. The van der Waals surface area contributed by atoms with Gasteiger partial charge >= 0.3 is 0 Å². The number of aryl methyl sites for hydroxylation is 1. The summed E-state index contributed by atoms with van der Waals surface area (Å²) in [5.41, 5.74) is 1.17. The number of benzene rings is 1. The van der Waals surface area contributed by atoms with Crippen LogP contribution in [0.4, 0.5) is 0 Å². The molecule has 0 bridgehead atoms. The van der Waals surface area contributed by atoms with Crippen LogP contribution in [0.15, 0.2) is 12.1 Å². The van der Waals surface area contributed by atoms with E-state index >= 15 is 0 Å².